The van der Waals surface area contributed by atoms with Crippen molar-refractivity contribution in [2.45, 2.75) is 38.6 Å². The lowest BCUT2D eigenvalue weighted by Gasteiger charge is -2.27. The molecule has 0 saturated heterocycles. The van der Waals surface area contributed by atoms with E-state index in [1.807, 2.05) is 6.92 Å². The number of halogens is 1. The van der Waals surface area contributed by atoms with Crippen molar-refractivity contribution in [3.8, 4) is 5.75 Å². The van der Waals surface area contributed by atoms with Gasteiger partial charge in [0.1, 0.15) is 5.75 Å². The van der Waals surface area contributed by atoms with E-state index >= 15 is 0 Å². The molecule has 0 radical (unpaired) electrons. The smallest absolute Gasteiger partial charge is 0.306 e. The van der Waals surface area contributed by atoms with Crippen LogP contribution in [0.2, 0.25) is 5.02 Å². The van der Waals surface area contributed by atoms with E-state index in [4.69, 9.17) is 21.4 Å². The number of nitrogens with one attached hydrogen (secondary N) is 1. The average Bonchev–Trinajstić information content (AvgIpc) is 2.48. The van der Waals surface area contributed by atoms with Crippen molar-refractivity contribution in [3.05, 3.63) is 28.8 Å². The van der Waals surface area contributed by atoms with Crippen LogP contribution in [0.3, 0.4) is 0 Å². The summed E-state index contributed by atoms with van der Waals surface area (Å²) >= 11 is 5.93. The monoisotopic (exact) mass is 325 g/mol. The minimum Gasteiger partial charge on any atom is -0.493 e. The Hall–Kier alpha value is -1.75. The third kappa shape index (κ3) is 4.13. The molecule has 1 aliphatic rings. The van der Waals surface area contributed by atoms with Crippen LogP contribution < -0.4 is 10.1 Å². The Morgan fingerprint density at radius 3 is 2.59 bits per heavy atom. The van der Waals surface area contributed by atoms with Gasteiger partial charge in [0.05, 0.1) is 18.1 Å². The van der Waals surface area contributed by atoms with Crippen LogP contribution in [0.25, 0.3) is 0 Å². The Balaban J connectivity index is 2.00. The van der Waals surface area contributed by atoms with E-state index in [0.717, 1.165) is 0 Å². The van der Waals surface area contributed by atoms with Crippen molar-refractivity contribution < 1.29 is 19.4 Å². The molecule has 6 heteroatoms. The summed E-state index contributed by atoms with van der Waals surface area (Å²) in [5.41, 5.74) is 0.451. The zero-order valence-electron chi connectivity index (χ0n) is 12.5. The Labute approximate surface area is 134 Å². The number of ether oxygens (including phenoxy) is 1. The van der Waals surface area contributed by atoms with Gasteiger partial charge in [-0.15, -0.1) is 0 Å². The number of aliphatic carboxylic acids is 1. The first-order valence-corrected chi connectivity index (χ1v) is 7.85. The highest BCUT2D eigenvalue weighted by Gasteiger charge is 2.27. The van der Waals surface area contributed by atoms with Crippen LogP contribution in [-0.4, -0.2) is 29.6 Å². The van der Waals surface area contributed by atoms with Crippen molar-refractivity contribution >= 4 is 23.5 Å². The number of carbonyl (C=O) groups is 2. The second-order valence-corrected chi connectivity index (χ2v) is 5.87. The zero-order chi connectivity index (χ0) is 16.1. The van der Waals surface area contributed by atoms with Gasteiger partial charge in [-0.1, -0.05) is 11.6 Å². The number of hydrogen-bond acceptors (Lipinski definition) is 3. The van der Waals surface area contributed by atoms with Crippen LogP contribution >= 0.6 is 11.6 Å². The van der Waals surface area contributed by atoms with E-state index in [9.17, 15) is 9.59 Å². The molecule has 2 rings (SSSR count). The fraction of sp³-hybridized carbons (Fsp3) is 0.500. The molecule has 120 valence electrons. The van der Waals surface area contributed by atoms with Crippen LogP contribution in [0, 0.1) is 5.92 Å². The molecule has 0 spiro atoms. The largest absolute Gasteiger partial charge is 0.493 e. The highest BCUT2D eigenvalue weighted by Crippen LogP contribution is 2.27. The number of carbonyl (C=O) groups excluding carboxylic acids is 1. The fourth-order valence-corrected chi connectivity index (χ4v) is 2.87. The molecule has 1 amide bonds. The second-order valence-electron chi connectivity index (χ2n) is 5.43. The van der Waals surface area contributed by atoms with Gasteiger partial charge in [0.15, 0.2) is 0 Å². The van der Waals surface area contributed by atoms with E-state index in [0.29, 0.717) is 48.6 Å². The van der Waals surface area contributed by atoms with Crippen LogP contribution in [0.5, 0.6) is 5.75 Å². The minimum absolute atomic E-state index is 0.00764. The molecule has 1 aromatic rings. The molecule has 1 aromatic carbocycles. The third-order valence-corrected chi connectivity index (χ3v) is 4.13. The van der Waals surface area contributed by atoms with Crippen molar-refractivity contribution in [2.24, 2.45) is 5.92 Å². The van der Waals surface area contributed by atoms with E-state index in [1.54, 1.807) is 18.2 Å². The van der Waals surface area contributed by atoms with Gasteiger partial charge in [-0.05, 0) is 50.8 Å². The number of rotatable bonds is 5. The lowest BCUT2D eigenvalue weighted by Crippen LogP contribution is -2.38. The lowest BCUT2D eigenvalue weighted by molar-refractivity contribution is -0.142. The van der Waals surface area contributed by atoms with E-state index < -0.39 is 5.97 Å². The summed E-state index contributed by atoms with van der Waals surface area (Å²) in [6.45, 7) is 2.29. The van der Waals surface area contributed by atoms with Gasteiger partial charge in [-0.25, -0.2) is 0 Å². The molecule has 0 atom stereocenters. The van der Waals surface area contributed by atoms with E-state index in [1.165, 1.54) is 0 Å². The molecule has 0 heterocycles. The van der Waals surface area contributed by atoms with Gasteiger partial charge in [0.25, 0.3) is 5.91 Å². The summed E-state index contributed by atoms with van der Waals surface area (Å²) in [4.78, 5) is 23.3. The molecule has 1 aliphatic carbocycles. The zero-order valence-corrected chi connectivity index (χ0v) is 13.2. The summed E-state index contributed by atoms with van der Waals surface area (Å²) in [6, 6.07) is 4.93. The Morgan fingerprint density at radius 1 is 1.32 bits per heavy atom. The van der Waals surface area contributed by atoms with Crippen molar-refractivity contribution in [1.29, 1.82) is 0 Å². The number of carboxylic acid groups (broad SMARTS) is 1. The van der Waals surface area contributed by atoms with Gasteiger partial charge in [-0.3, -0.25) is 9.59 Å². The Bertz CT molecular complexity index is 553. The first kappa shape index (κ1) is 16.6. The summed E-state index contributed by atoms with van der Waals surface area (Å²) in [6.07, 6.45) is 2.55. The first-order chi connectivity index (χ1) is 10.5. The second kappa shape index (κ2) is 7.49. The highest BCUT2D eigenvalue weighted by atomic mass is 35.5. The molecular formula is C16H20ClNO4. The predicted octanol–water partition coefficient (Wildman–Crippen LogP) is 3.11. The number of amides is 1. The summed E-state index contributed by atoms with van der Waals surface area (Å²) < 4.78 is 5.45. The van der Waals surface area contributed by atoms with Crippen LogP contribution in [0.1, 0.15) is 43.0 Å². The minimum atomic E-state index is -0.749. The molecule has 1 fully saturated rings. The highest BCUT2D eigenvalue weighted by molar-refractivity contribution is 6.30. The molecule has 0 bridgehead atoms. The molecular weight excluding hydrogens is 306 g/mol. The SMILES string of the molecule is CCOc1cc(Cl)ccc1C(=O)NC1CCC(C(=O)O)CC1. The normalized spacial score (nSPS) is 21.2. The van der Waals surface area contributed by atoms with Gasteiger partial charge in [0.2, 0.25) is 0 Å². The quantitative estimate of drug-likeness (QED) is 0.872. The first-order valence-electron chi connectivity index (χ1n) is 7.47. The maximum Gasteiger partial charge on any atom is 0.306 e. The number of hydrogen-bond donors (Lipinski definition) is 2. The molecule has 0 unspecified atom stereocenters. The van der Waals surface area contributed by atoms with E-state index in [2.05, 4.69) is 5.32 Å². The molecule has 0 aromatic heterocycles. The Kier molecular flexibility index (Phi) is 5.66. The van der Waals surface area contributed by atoms with Crippen LogP contribution in [0.4, 0.5) is 0 Å². The van der Waals surface area contributed by atoms with Gasteiger partial charge < -0.3 is 15.2 Å². The molecule has 22 heavy (non-hydrogen) atoms. The van der Waals surface area contributed by atoms with Crippen molar-refractivity contribution in [2.75, 3.05) is 6.61 Å². The fourth-order valence-electron chi connectivity index (χ4n) is 2.71. The van der Waals surface area contributed by atoms with E-state index in [-0.39, 0.29) is 17.9 Å². The third-order valence-electron chi connectivity index (χ3n) is 3.90. The number of benzene rings is 1. The topological polar surface area (TPSA) is 75.6 Å². The van der Waals surface area contributed by atoms with Gasteiger partial charge in [0, 0.05) is 11.1 Å². The number of carboxylic acids is 1. The van der Waals surface area contributed by atoms with Crippen molar-refractivity contribution in [1.82, 2.24) is 5.32 Å². The maximum atomic E-state index is 12.4. The van der Waals surface area contributed by atoms with Crippen LogP contribution in [-0.2, 0) is 4.79 Å². The summed E-state index contributed by atoms with van der Waals surface area (Å²) in [5.74, 6) is -0.783. The lowest BCUT2D eigenvalue weighted by atomic mass is 9.86. The average molecular weight is 326 g/mol. The predicted molar refractivity (Wildman–Crippen MR) is 83.5 cm³/mol. The maximum absolute atomic E-state index is 12.4. The standard InChI is InChI=1S/C16H20ClNO4/c1-2-22-14-9-11(17)5-8-13(14)15(19)18-12-6-3-10(4-7-12)16(20)21/h5,8-10,12H,2-4,6-7H2,1H3,(H,18,19)(H,20,21). The molecule has 1 saturated carbocycles. The summed E-state index contributed by atoms with van der Waals surface area (Å²) in [7, 11) is 0. The molecule has 0 aliphatic heterocycles. The van der Waals surface area contributed by atoms with Gasteiger partial charge in [-0.2, -0.15) is 0 Å². The molecule has 5 nitrogen and oxygen atoms in total. The Morgan fingerprint density at radius 2 is 2.00 bits per heavy atom. The molecule has 2 N–H and O–H groups in total. The summed E-state index contributed by atoms with van der Waals surface area (Å²) in [5, 5.41) is 12.5. The van der Waals surface area contributed by atoms with Gasteiger partial charge >= 0.3 is 5.97 Å². The van der Waals surface area contributed by atoms with Crippen molar-refractivity contribution in [3.63, 3.8) is 0 Å². The van der Waals surface area contributed by atoms with Crippen LogP contribution in [0.15, 0.2) is 18.2 Å².